The van der Waals surface area contributed by atoms with Crippen LogP contribution >= 0.6 is 0 Å². The van der Waals surface area contributed by atoms with E-state index in [2.05, 4.69) is 18.3 Å². The van der Waals surface area contributed by atoms with Crippen molar-refractivity contribution in [2.45, 2.75) is 27.2 Å². The van der Waals surface area contributed by atoms with Crippen molar-refractivity contribution < 1.29 is 4.79 Å². The van der Waals surface area contributed by atoms with Crippen molar-refractivity contribution in [3.05, 3.63) is 29.3 Å². The first-order valence-electron chi connectivity index (χ1n) is 4.50. The topological polar surface area (TPSA) is 29.1 Å². The molecular weight excluding hydrogens is 162 g/mol. The fourth-order valence-electron chi connectivity index (χ4n) is 1.28. The molecule has 1 aromatic carbocycles. The zero-order valence-corrected chi connectivity index (χ0v) is 8.35. The maximum Gasteiger partial charge on any atom is 0.221 e. The summed E-state index contributed by atoms with van der Waals surface area (Å²) in [6.07, 6.45) is 1.03. The first-order chi connectivity index (χ1) is 6.13. The molecule has 0 saturated heterocycles. The number of hydrogen-bond acceptors (Lipinski definition) is 1. The Balaban J connectivity index is 2.91. The maximum atomic E-state index is 10.8. The molecule has 1 rings (SSSR count). The van der Waals surface area contributed by atoms with Crippen LogP contribution in [0.4, 0.5) is 5.69 Å². The van der Waals surface area contributed by atoms with Crippen LogP contribution in [-0.2, 0) is 11.2 Å². The zero-order chi connectivity index (χ0) is 9.84. The predicted octanol–water partition coefficient (Wildman–Crippen LogP) is 2.52. The molecule has 1 amide bonds. The van der Waals surface area contributed by atoms with E-state index in [1.165, 1.54) is 12.5 Å². The van der Waals surface area contributed by atoms with E-state index in [0.717, 1.165) is 17.7 Å². The summed E-state index contributed by atoms with van der Waals surface area (Å²) < 4.78 is 0. The molecule has 1 aromatic rings. The molecule has 0 radical (unpaired) electrons. The summed E-state index contributed by atoms with van der Waals surface area (Å²) in [5, 5.41) is 2.79. The smallest absolute Gasteiger partial charge is 0.221 e. The van der Waals surface area contributed by atoms with E-state index in [-0.39, 0.29) is 5.91 Å². The first-order valence-corrected chi connectivity index (χ1v) is 4.50. The third-order valence-corrected chi connectivity index (χ3v) is 2.01. The molecule has 13 heavy (non-hydrogen) atoms. The van der Waals surface area contributed by atoms with Gasteiger partial charge in [0.25, 0.3) is 0 Å². The van der Waals surface area contributed by atoms with Gasteiger partial charge >= 0.3 is 0 Å². The van der Waals surface area contributed by atoms with Gasteiger partial charge in [-0.2, -0.15) is 0 Å². The Labute approximate surface area is 79.0 Å². The fourth-order valence-corrected chi connectivity index (χ4v) is 1.28. The van der Waals surface area contributed by atoms with E-state index in [1.54, 1.807) is 0 Å². The molecule has 0 saturated carbocycles. The van der Waals surface area contributed by atoms with Crippen LogP contribution < -0.4 is 5.32 Å². The number of nitrogens with one attached hydrogen (secondary N) is 1. The molecular formula is C11H15NO. The lowest BCUT2D eigenvalue weighted by Gasteiger charge is -2.07. The molecule has 2 nitrogen and oxygen atoms in total. The number of amides is 1. The SMILES string of the molecule is CCc1ccc(NC(C)=O)c(C)c1. The number of benzene rings is 1. The van der Waals surface area contributed by atoms with Gasteiger partial charge in [0, 0.05) is 12.6 Å². The average molecular weight is 177 g/mol. The van der Waals surface area contributed by atoms with Crippen molar-refractivity contribution in [1.82, 2.24) is 0 Å². The zero-order valence-electron chi connectivity index (χ0n) is 8.35. The second kappa shape index (κ2) is 4.08. The van der Waals surface area contributed by atoms with Gasteiger partial charge in [-0.1, -0.05) is 19.1 Å². The second-order valence-electron chi connectivity index (χ2n) is 3.18. The van der Waals surface area contributed by atoms with Crippen molar-refractivity contribution >= 4 is 11.6 Å². The number of aryl methyl sites for hydroxylation is 2. The number of carbonyl (C=O) groups excluding carboxylic acids is 1. The van der Waals surface area contributed by atoms with Gasteiger partial charge in [-0.25, -0.2) is 0 Å². The highest BCUT2D eigenvalue weighted by molar-refractivity contribution is 5.89. The van der Waals surface area contributed by atoms with E-state index < -0.39 is 0 Å². The number of carbonyl (C=O) groups is 1. The third kappa shape index (κ3) is 2.58. The molecule has 0 spiro atoms. The quantitative estimate of drug-likeness (QED) is 0.739. The Morgan fingerprint density at radius 2 is 2.15 bits per heavy atom. The van der Waals surface area contributed by atoms with Gasteiger partial charge in [-0.05, 0) is 30.5 Å². The second-order valence-corrected chi connectivity index (χ2v) is 3.18. The van der Waals surface area contributed by atoms with Crippen molar-refractivity contribution in [3.63, 3.8) is 0 Å². The van der Waals surface area contributed by atoms with E-state index >= 15 is 0 Å². The van der Waals surface area contributed by atoms with E-state index in [0.29, 0.717) is 0 Å². The van der Waals surface area contributed by atoms with Gasteiger partial charge in [-0.15, -0.1) is 0 Å². The lowest BCUT2D eigenvalue weighted by molar-refractivity contribution is -0.114. The molecule has 1 N–H and O–H groups in total. The van der Waals surface area contributed by atoms with Crippen LogP contribution in [0, 0.1) is 6.92 Å². The summed E-state index contributed by atoms with van der Waals surface area (Å²) in [6.45, 7) is 5.64. The third-order valence-electron chi connectivity index (χ3n) is 2.01. The van der Waals surface area contributed by atoms with Gasteiger partial charge in [-0.3, -0.25) is 4.79 Å². The summed E-state index contributed by atoms with van der Waals surface area (Å²) in [6, 6.07) is 6.10. The molecule has 0 bridgehead atoms. The van der Waals surface area contributed by atoms with Crippen molar-refractivity contribution in [2.24, 2.45) is 0 Å². The Kier molecular flexibility index (Phi) is 3.07. The normalized spacial score (nSPS) is 9.77. The average Bonchev–Trinajstić information content (AvgIpc) is 2.08. The summed E-state index contributed by atoms with van der Waals surface area (Å²) >= 11 is 0. The Hall–Kier alpha value is -1.31. The number of rotatable bonds is 2. The monoisotopic (exact) mass is 177 g/mol. The van der Waals surface area contributed by atoms with Gasteiger partial charge in [0.1, 0.15) is 0 Å². The Morgan fingerprint density at radius 1 is 1.46 bits per heavy atom. The molecule has 70 valence electrons. The minimum absolute atomic E-state index is 0.0210. The minimum atomic E-state index is -0.0210. The van der Waals surface area contributed by atoms with Crippen LogP contribution in [0.15, 0.2) is 18.2 Å². The maximum absolute atomic E-state index is 10.8. The molecule has 0 aliphatic heterocycles. The lowest BCUT2D eigenvalue weighted by Crippen LogP contribution is -2.07. The standard InChI is InChI=1S/C11H15NO/c1-4-10-5-6-11(8(2)7-10)12-9(3)13/h5-7H,4H2,1-3H3,(H,12,13). The molecule has 0 atom stereocenters. The Morgan fingerprint density at radius 3 is 2.62 bits per heavy atom. The molecule has 2 heteroatoms. The van der Waals surface area contributed by atoms with Crippen molar-refractivity contribution in [1.29, 1.82) is 0 Å². The fraction of sp³-hybridized carbons (Fsp3) is 0.364. The summed E-state index contributed by atoms with van der Waals surface area (Å²) in [5.74, 6) is -0.0210. The van der Waals surface area contributed by atoms with Gasteiger partial charge in [0.05, 0.1) is 0 Å². The predicted molar refractivity (Wildman–Crippen MR) is 54.9 cm³/mol. The number of anilines is 1. The molecule has 0 unspecified atom stereocenters. The van der Waals surface area contributed by atoms with Crippen molar-refractivity contribution in [3.8, 4) is 0 Å². The highest BCUT2D eigenvalue weighted by Gasteiger charge is 1.99. The summed E-state index contributed by atoms with van der Waals surface area (Å²) in [5.41, 5.74) is 3.32. The first kappa shape index (κ1) is 9.78. The van der Waals surface area contributed by atoms with Crippen LogP contribution in [0.1, 0.15) is 25.0 Å². The van der Waals surface area contributed by atoms with Crippen LogP contribution in [0.2, 0.25) is 0 Å². The van der Waals surface area contributed by atoms with Crippen LogP contribution in [0.25, 0.3) is 0 Å². The summed E-state index contributed by atoms with van der Waals surface area (Å²) in [4.78, 5) is 10.8. The van der Waals surface area contributed by atoms with Gasteiger partial charge in [0.2, 0.25) is 5.91 Å². The highest BCUT2D eigenvalue weighted by atomic mass is 16.1. The Bertz CT molecular complexity index is 318. The van der Waals surface area contributed by atoms with Crippen molar-refractivity contribution in [2.75, 3.05) is 5.32 Å². The molecule has 0 aliphatic carbocycles. The highest BCUT2D eigenvalue weighted by Crippen LogP contribution is 2.16. The lowest BCUT2D eigenvalue weighted by atomic mass is 10.1. The van der Waals surface area contributed by atoms with E-state index in [1.807, 2.05) is 19.1 Å². The van der Waals surface area contributed by atoms with Crippen LogP contribution in [0.5, 0.6) is 0 Å². The molecule has 0 aromatic heterocycles. The van der Waals surface area contributed by atoms with Gasteiger partial charge in [0.15, 0.2) is 0 Å². The molecule has 0 aliphatic rings. The van der Waals surface area contributed by atoms with E-state index in [9.17, 15) is 4.79 Å². The summed E-state index contributed by atoms with van der Waals surface area (Å²) in [7, 11) is 0. The number of hydrogen-bond donors (Lipinski definition) is 1. The van der Waals surface area contributed by atoms with Gasteiger partial charge < -0.3 is 5.32 Å². The largest absolute Gasteiger partial charge is 0.326 e. The molecule has 0 heterocycles. The minimum Gasteiger partial charge on any atom is -0.326 e. The van der Waals surface area contributed by atoms with Crippen LogP contribution in [-0.4, -0.2) is 5.91 Å². The van der Waals surface area contributed by atoms with E-state index in [4.69, 9.17) is 0 Å². The van der Waals surface area contributed by atoms with Crippen LogP contribution in [0.3, 0.4) is 0 Å². The molecule has 0 fully saturated rings.